The molecule has 0 atom stereocenters. The maximum Gasteiger partial charge on any atom is 0.315 e. The Kier molecular flexibility index (Phi) is 9.69. The van der Waals surface area contributed by atoms with Gasteiger partial charge >= 0.3 is 5.92 Å². The summed E-state index contributed by atoms with van der Waals surface area (Å²) in [6.07, 6.45) is 5.18. The molecule has 0 spiro atoms. The molecule has 6 rings (SSSR count). The maximum atomic E-state index is 16.4. The second-order valence-corrected chi connectivity index (χ2v) is 10.9. The van der Waals surface area contributed by atoms with Gasteiger partial charge in [-0.15, -0.1) is 0 Å². The molecule has 238 valence electrons. The topological polar surface area (TPSA) is 90.7 Å². The van der Waals surface area contributed by atoms with Gasteiger partial charge in [-0.3, -0.25) is 0 Å². The molecular formula is C34H41F2N7O2. The van der Waals surface area contributed by atoms with E-state index in [-0.39, 0.29) is 22.5 Å². The van der Waals surface area contributed by atoms with Gasteiger partial charge in [0, 0.05) is 66.5 Å². The molecule has 1 saturated heterocycles. The highest BCUT2D eigenvalue weighted by Crippen LogP contribution is 2.41. The third kappa shape index (κ3) is 6.79. The van der Waals surface area contributed by atoms with Crippen LogP contribution in [0.5, 0.6) is 5.75 Å². The standard InChI is InChI=1S/C32H35F2N7O2.C2H6/c1-4-26(21-8-9-21)35-23-7-5-6-22(18-23)32(33,34)29-25-12-13-41(20-42)30(25)38-31(37-29)36-27-11-10-24(19-28(27)43-3)40-16-14-39(2)15-17-40;1-2/h4-7,10-13,18-19,35,42H,1,8-9,14-17,20H2,2-3H3,(H,36,37,38);1-2H3. The van der Waals surface area contributed by atoms with Crippen molar-refractivity contribution in [1.29, 1.82) is 0 Å². The van der Waals surface area contributed by atoms with E-state index >= 15 is 8.78 Å². The fourth-order valence-electron chi connectivity index (χ4n) is 5.34. The Morgan fingerprint density at radius 1 is 1.07 bits per heavy atom. The van der Waals surface area contributed by atoms with Crippen LogP contribution in [0.25, 0.3) is 11.0 Å². The van der Waals surface area contributed by atoms with Crippen molar-refractivity contribution in [1.82, 2.24) is 19.4 Å². The summed E-state index contributed by atoms with van der Waals surface area (Å²) in [5.74, 6) is -2.98. The number of alkyl halides is 2. The lowest BCUT2D eigenvalue weighted by Crippen LogP contribution is -2.44. The molecule has 1 saturated carbocycles. The molecule has 2 fully saturated rings. The minimum Gasteiger partial charge on any atom is -0.494 e. The van der Waals surface area contributed by atoms with Crippen molar-refractivity contribution in [2.45, 2.75) is 39.3 Å². The van der Waals surface area contributed by atoms with E-state index in [1.807, 2.05) is 32.0 Å². The van der Waals surface area contributed by atoms with Crippen LogP contribution in [-0.4, -0.2) is 64.9 Å². The molecule has 3 heterocycles. The molecule has 2 aromatic heterocycles. The highest BCUT2D eigenvalue weighted by molar-refractivity contribution is 5.82. The summed E-state index contributed by atoms with van der Waals surface area (Å²) in [6.45, 7) is 11.1. The number of nitrogens with zero attached hydrogens (tertiary/aromatic N) is 5. The van der Waals surface area contributed by atoms with E-state index in [0.29, 0.717) is 17.1 Å². The smallest absolute Gasteiger partial charge is 0.315 e. The quantitative estimate of drug-likeness (QED) is 0.181. The van der Waals surface area contributed by atoms with Gasteiger partial charge in [-0.05, 0) is 61.9 Å². The summed E-state index contributed by atoms with van der Waals surface area (Å²) in [5, 5.41) is 16.4. The molecule has 11 heteroatoms. The number of likely N-dealkylation sites (N-methyl/N-ethyl adjacent to an activating group) is 1. The zero-order valence-electron chi connectivity index (χ0n) is 26.3. The van der Waals surface area contributed by atoms with Crippen LogP contribution in [0.3, 0.4) is 0 Å². The number of methoxy groups -OCH3 is 1. The number of rotatable bonds is 10. The number of anilines is 4. The molecule has 0 unspecified atom stereocenters. The lowest BCUT2D eigenvalue weighted by atomic mass is 10.0. The van der Waals surface area contributed by atoms with Crippen molar-refractivity contribution >= 4 is 34.0 Å². The number of allylic oxidation sites excluding steroid dienone is 2. The van der Waals surface area contributed by atoms with Gasteiger partial charge in [0.25, 0.3) is 0 Å². The van der Waals surface area contributed by atoms with Gasteiger partial charge in [0.15, 0.2) is 0 Å². The van der Waals surface area contributed by atoms with E-state index in [9.17, 15) is 5.11 Å². The number of piperazine rings is 1. The molecule has 2 aromatic carbocycles. The third-order valence-corrected chi connectivity index (χ3v) is 7.96. The molecule has 1 aliphatic carbocycles. The van der Waals surface area contributed by atoms with Crippen LogP contribution in [0, 0.1) is 0 Å². The van der Waals surface area contributed by atoms with Gasteiger partial charge in [-0.1, -0.05) is 32.6 Å². The Bertz CT molecular complexity index is 1690. The second kappa shape index (κ2) is 13.7. The first-order valence-electron chi connectivity index (χ1n) is 15.3. The summed E-state index contributed by atoms with van der Waals surface area (Å²) in [7, 11) is 3.67. The van der Waals surface area contributed by atoms with Crippen LogP contribution in [0.1, 0.15) is 37.9 Å². The highest BCUT2D eigenvalue weighted by Gasteiger charge is 2.39. The number of aliphatic hydroxyl groups is 1. The predicted molar refractivity (Wildman–Crippen MR) is 177 cm³/mol. The van der Waals surface area contributed by atoms with Crippen LogP contribution < -0.4 is 20.3 Å². The van der Waals surface area contributed by atoms with E-state index in [1.54, 1.807) is 25.3 Å². The Morgan fingerprint density at radius 2 is 1.82 bits per heavy atom. The summed E-state index contributed by atoms with van der Waals surface area (Å²) in [4.78, 5) is 13.4. The lowest BCUT2D eigenvalue weighted by molar-refractivity contribution is 0.0399. The van der Waals surface area contributed by atoms with Crippen LogP contribution in [0.2, 0.25) is 0 Å². The van der Waals surface area contributed by atoms with Crippen LogP contribution in [0.15, 0.2) is 78.7 Å². The normalized spacial score (nSPS) is 14.9. The molecule has 9 nitrogen and oxygen atoms in total. The fourth-order valence-corrected chi connectivity index (χ4v) is 5.34. The highest BCUT2D eigenvalue weighted by atomic mass is 19.3. The molecular weight excluding hydrogens is 576 g/mol. The average molecular weight is 618 g/mol. The molecule has 2 aliphatic rings. The first-order chi connectivity index (χ1) is 21.8. The Hall–Kier alpha value is -4.48. The molecule has 4 aromatic rings. The molecule has 1 aliphatic heterocycles. The number of halogens is 2. The monoisotopic (exact) mass is 617 g/mol. The van der Waals surface area contributed by atoms with Gasteiger partial charge in [0.2, 0.25) is 5.95 Å². The van der Waals surface area contributed by atoms with E-state index in [2.05, 4.69) is 44.0 Å². The van der Waals surface area contributed by atoms with Crippen LogP contribution >= 0.6 is 0 Å². The van der Waals surface area contributed by atoms with Crippen molar-refractivity contribution < 1.29 is 18.6 Å². The van der Waals surface area contributed by atoms with Crippen molar-refractivity contribution in [3.05, 3.63) is 89.9 Å². The summed E-state index contributed by atoms with van der Waals surface area (Å²) < 4.78 is 39.8. The SMILES string of the molecule is C=CC(Nc1cccc(C(F)(F)c2nc(Nc3ccc(N4CCN(C)CC4)cc3OC)nc3c2ccn3CO)c1)=C1CC1.CC. The largest absolute Gasteiger partial charge is 0.494 e. The zero-order chi connectivity index (χ0) is 32.1. The van der Waals surface area contributed by atoms with Crippen molar-refractivity contribution in [2.75, 3.05) is 55.9 Å². The summed E-state index contributed by atoms with van der Waals surface area (Å²) in [5.41, 5.74) is 3.64. The van der Waals surface area contributed by atoms with E-state index in [1.165, 1.54) is 34.5 Å². The minimum atomic E-state index is -3.48. The number of hydrogen-bond donors (Lipinski definition) is 3. The van der Waals surface area contributed by atoms with Gasteiger partial charge in [-0.25, -0.2) is 4.98 Å². The fraction of sp³-hybridized carbons (Fsp3) is 0.353. The molecule has 3 N–H and O–H groups in total. The molecule has 0 amide bonds. The molecule has 0 radical (unpaired) electrons. The number of hydrogen-bond acceptors (Lipinski definition) is 8. The van der Waals surface area contributed by atoms with E-state index < -0.39 is 18.3 Å². The average Bonchev–Trinajstić information content (AvgIpc) is 3.83. The molecule has 45 heavy (non-hydrogen) atoms. The zero-order valence-corrected chi connectivity index (χ0v) is 26.3. The third-order valence-electron chi connectivity index (χ3n) is 7.96. The number of fused-ring (bicyclic) bond motifs is 1. The molecule has 0 bridgehead atoms. The summed E-state index contributed by atoms with van der Waals surface area (Å²) in [6, 6.07) is 13.4. The van der Waals surface area contributed by atoms with Crippen LogP contribution in [0.4, 0.5) is 31.8 Å². The number of aromatic nitrogens is 3. The number of aliphatic hydroxyl groups excluding tert-OH is 1. The van der Waals surface area contributed by atoms with Crippen LogP contribution in [-0.2, 0) is 12.7 Å². The predicted octanol–water partition coefficient (Wildman–Crippen LogP) is 6.70. The first-order valence-corrected chi connectivity index (χ1v) is 15.3. The first kappa shape index (κ1) is 31.9. The maximum absolute atomic E-state index is 16.4. The number of benzene rings is 2. The number of ether oxygens (including phenoxy) is 1. The second-order valence-electron chi connectivity index (χ2n) is 10.9. The number of nitrogens with one attached hydrogen (secondary N) is 2. The summed E-state index contributed by atoms with van der Waals surface area (Å²) >= 11 is 0. The van der Waals surface area contributed by atoms with Crippen molar-refractivity contribution in [3.8, 4) is 5.75 Å². The van der Waals surface area contributed by atoms with Gasteiger partial charge in [-0.2, -0.15) is 13.8 Å². The van der Waals surface area contributed by atoms with Gasteiger partial charge in [0.1, 0.15) is 23.8 Å². The van der Waals surface area contributed by atoms with Crippen molar-refractivity contribution in [3.63, 3.8) is 0 Å². The lowest BCUT2D eigenvalue weighted by Gasteiger charge is -2.34. The van der Waals surface area contributed by atoms with E-state index in [4.69, 9.17) is 4.74 Å². The van der Waals surface area contributed by atoms with Crippen molar-refractivity contribution in [2.24, 2.45) is 0 Å². The Morgan fingerprint density at radius 3 is 2.49 bits per heavy atom. The Balaban J connectivity index is 0.00000196. The Labute approximate surface area is 262 Å². The van der Waals surface area contributed by atoms with Gasteiger partial charge in [0.05, 0.1) is 12.8 Å². The minimum absolute atomic E-state index is 0.0390. The van der Waals surface area contributed by atoms with Gasteiger partial charge < -0.3 is 34.8 Å². The van der Waals surface area contributed by atoms with E-state index in [0.717, 1.165) is 50.4 Å².